The van der Waals surface area contributed by atoms with Crippen LogP contribution in [0.2, 0.25) is 5.02 Å². The predicted molar refractivity (Wildman–Crippen MR) is 110 cm³/mol. The summed E-state index contributed by atoms with van der Waals surface area (Å²) in [4.78, 5) is 23.9. The van der Waals surface area contributed by atoms with E-state index in [1.54, 1.807) is 11.3 Å². The number of nitrogens with one attached hydrogen (secondary N) is 1. The molecule has 0 aliphatic rings. The van der Waals surface area contributed by atoms with E-state index in [0.717, 1.165) is 26.6 Å². The van der Waals surface area contributed by atoms with Gasteiger partial charge in [0.05, 0.1) is 5.25 Å². The van der Waals surface area contributed by atoms with Crippen LogP contribution in [0.15, 0.2) is 29.3 Å². The largest absolute Gasteiger partial charge is 0.351 e. The summed E-state index contributed by atoms with van der Waals surface area (Å²) in [5.41, 5.74) is 2.10. The van der Waals surface area contributed by atoms with Crippen LogP contribution >= 0.6 is 34.7 Å². The highest BCUT2D eigenvalue weighted by Gasteiger charge is 2.20. The zero-order chi connectivity index (χ0) is 18.8. The van der Waals surface area contributed by atoms with Gasteiger partial charge >= 0.3 is 0 Å². The third kappa shape index (κ3) is 4.03. The van der Waals surface area contributed by atoms with Gasteiger partial charge in [0.1, 0.15) is 15.7 Å². The SMILES string of the molecule is Cc1nc(SC(C)C(=O)NCc2ccccc2Cl)c2c(C)c(C)sc2n1. The van der Waals surface area contributed by atoms with Gasteiger partial charge in [-0.3, -0.25) is 4.79 Å². The Morgan fingerprint density at radius 2 is 2.00 bits per heavy atom. The number of nitrogens with zero attached hydrogens (tertiary/aromatic N) is 2. The standard InChI is InChI=1S/C19H20ClN3OS2/c1-10-11(2)25-18-16(10)19(23-13(4)22-18)26-12(3)17(24)21-9-14-7-5-6-8-15(14)20/h5-8,12H,9H2,1-4H3,(H,21,24). The number of halogens is 1. The third-order valence-corrected chi connectivity index (χ3v) is 6.73. The van der Waals surface area contributed by atoms with Crippen molar-refractivity contribution in [1.29, 1.82) is 0 Å². The Hall–Kier alpha value is -1.63. The molecule has 26 heavy (non-hydrogen) atoms. The first kappa shape index (κ1) is 19.1. The summed E-state index contributed by atoms with van der Waals surface area (Å²) >= 11 is 9.29. The van der Waals surface area contributed by atoms with Gasteiger partial charge < -0.3 is 5.32 Å². The van der Waals surface area contributed by atoms with Gasteiger partial charge in [-0.2, -0.15) is 0 Å². The van der Waals surface area contributed by atoms with E-state index in [1.165, 1.54) is 22.2 Å². The number of carbonyl (C=O) groups is 1. The predicted octanol–water partition coefficient (Wildman–Crippen LogP) is 5.07. The van der Waals surface area contributed by atoms with Crippen LogP contribution in [-0.2, 0) is 11.3 Å². The molecular formula is C19H20ClN3OS2. The number of hydrogen-bond donors (Lipinski definition) is 1. The Labute approximate surface area is 166 Å². The minimum atomic E-state index is -0.269. The number of fused-ring (bicyclic) bond motifs is 1. The molecule has 3 aromatic rings. The second kappa shape index (κ2) is 7.94. The number of benzene rings is 1. The Morgan fingerprint density at radius 3 is 2.73 bits per heavy atom. The zero-order valence-corrected chi connectivity index (χ0v) is 17.5. The molecule has 1 amide bonds. The maximum Gasteiger partial charge on any atom is 0.233 e. The number of hydrogen-bond acceptors (Lipinski definition) is 5. The van der Waals surface area contributed by atoms with Crippen molar-refractivity contribution in [2.75, 3.05) is 0 Å². The summed E-state index contributed by atoms with van der Waals surface area (Å²) in [5, 5.41) is 5.28. The van der Waals surface area contributed by atoms with Crippen molar-refractivity contribution in [2.24, 2.45) is 0 Å². The molecule has 4 nitrogen and oxygen atoms in total. The molecule has 2 heterocycles. The molecule has 0 aliphatic carbocycles. The Bertz CT molecular complexity index is 971. The van der Waals surface area contributed by atoms with Gasteiger partial charge in [-0.15, -0.1) is 11.3 Å². The summed E-state index contributed by atoms with van der Waals surface area (Å²) in [6.45, 7) is 8.36. The van der Waals surface area contributed by atoms with Crippen LogP contribution in [0.1, 0.15) is 28.8 Å². The molecule has 136 valence electrons. The van der Waals surface area contributed by atoms with E-state index in [1.807, 2.05) is 38.1 Å². The van der Waals surface area contributed by atoms with E-state index in [0.29, 0.717) is 11.6 Å². The molecule has 1 unspecified atom stereocenters. The molecule has 0 fully saturated rings. The van der Waals surface area contributed by atoms with E-state index >= 15 is 0 Å². The summed E-state index contributed by atoms with van der Waals surface area (Å²) in [6.07, 6.45) is 0. The minimum absolute atomic E-state index is 0.0380. The number of rotatable bonds is 5. The van der Waals surface area contributed by atoms with E-state index in [9.17, 15) is 4.79 Å². The Balaban J connectivity index is 1.75. The Morgan fingerprint density at radius 1 is 1.27 bits per heavy atom. The molecule has 3 rings (SSSR count). The van der Waals surface area contributed by atoms with Crippen LogP contribution in [0.4, 0.5) is 0 Å². The molecule has 7 heteroatoms. The highest BCUT2D eigenvalue weighted by molar-refractivity contribution is 8.00. The van der Waals surface area contributed by atoms with Gasteiger partial charge in [0.2, 0.25) is 5.91 Å². The van der Waals surface area contributed by atoms with Crippen molar-refractivity contribution in [3.8, 4) is 0 Å². The smallest absolute Gasteiger partial charge is 0.233 e. The average Bonchev–Trinajstić information content (AvgIpc) is 2.87. The van der Waals surface area contributed by atoms with Crippen LogP contribution < -0.4 is 5.32 Å². The maximum absolute atomic E-state index is 12.5. The van der Waals surface area contributed by atoms with Crippen molar-refractivity contribution in [2.45, 2.75) is 44.5 Å². The highest BCUT2D eigenvalue weighted by Crippen LogP contribution is 2.36. The van der Waals surface area contributed by atoms with Crippen LogP contribution in [0, 0.1) is 20.8 Å². The molecule has 0 saturated carbocycles. The molecule has 2 aromatic heterocycles. The van der Waals surface area contributed by atoms with Crippen LogP contribution in [0.5, 0.6) is 0 Å². The van der Waals surface area contributed by atoms with Gasteiger partial charge in [0.15, 0.2) is 0 Å². The number of thiophene rings is 1. The number of aromatic nitrogens is 2. The topological polar surface area (TPSA) is 54.9 Å². The van der Waals surface area contributed by atoms with Gasteiger partial charge in [-0.25, -0.2) is 9.97 Å². The molecule has 1 aromatic carbocycles. The fraction of sp³-hybridized carbons (Fsp3) is 0.316. The molecule has 0 bridgehead atoms. The second-order valence-electron chi connectivity index (χ2n) is 6.11. The zero-order valence-electron chi connectivity index (χ0n) is 15.1. The molecule has 0 saturated heterocycles. The number of carbonyl (C=O) groups excluding carboxylic acids is 1. The molecule has 0 aliphatic heterocycles. The van der Waals surface area contributed by atoms with E-state index in [-0.39, 0.29) is 11.2 Å². The van der Waals surface area contributed by atoms with Crippen molar-refractivity contribution in [1.82, 2.24) is 15.3 Å². The quantitative estimate of drug-likeness (QED) is 0.475. The number of thioether (sulfide) groups is 1. The monoisotopic (exact) mass is 405 g/mol. The summed E-state index contributed by atoms with van der Waals surface area (Å²) in [6, 6.07) is 7.52. The number of amides is 1. The first-order valence-electron chi connectivity index (χ1n) is 8.29. The molecule has 0 radical (unpaired) electrons. The number of aryl methyl sites for hydroxylation is 3. The molecule has 1 atom stereocenters. The average molecular weight is 406 g/mol. The van der Waals surface area contributed by atoms with E-state index in [2.05, 4.69) is 29.1 Å². The van der Waals surface area contributed by atoms with Gasteiger partial charge in [-0.1, -0.05) is 41.6 Å². The van der Waals surface area contributed by atoms with Crippen molar-refractivity contribution < 1.29 is 4.79 Å². The lowest BCUT2D eigenvalue weighted by Crippen LogP contribution is -2.30. The van der Waals surface area contributed by atoms with Crippen molar-refractivity contribution >= 4 is 50.8 Å². The third-order valence-electron chi connectivity index (χ3n) is 4.18. The highest BCUT2D eigenvalue weighted by atomic mass is 35.5. The summed E-state index contributed by atoms with van der Waals surface area (Å²) in [7, 11) is 0. The van der Waals surface area contributed by atoms with Gasteiger partial charge in [0.25, 0.3) is 0 Å². The fourth-order valence-corrected chi connectivity index (χ4v) is 5.01. The fourth-order valence-electron chi connectivity index (χ4n) is 2.59. The molecule has 1 N–H and O–H groups in total. The first-order valence-corrected chi connectivity index (χ1v) is 10.4. The first-order chi connectivity index (χ1) is 12.4. The maximum atomic E-state index is 12.5. The lowest BCUT2D eigenvalue weighted by molar-refractivity contribution is -0.120. The lowest BCUT2D eigenvalue weighted by atomic mass is 10.2. The molecular weight excluding hydrogens is 386 g/mol. The van der Waals surface area contributed by atoms with Crippen molar-refractivity contribution in [3.63, 3.8) is 0 Å². The van der Waals surface area contributed by atoms with E-state index in [4.69, 9.17) is 11.6 Å². The van der Waals surface area contributed by atoms with Crippen LogP contribution in [-0.4, -0.2) is 21.1 Å². The summed E-state index contributed by atoms with van der Waals surface area (Å²) in [5.74, 6) is 0.689. The summed E-state index contributed by atoms with van der Waals surface area (Å²) < 4.78 is 0. The van der Waals surface area contributed by atoms with E-state index < -0.39 is 0 Å². The normalized spacial score (nSPS) is 12.3. The lowest BCUT2D eigenvalue weighted by Gasteiger charge is -2.13. The molecule has 0 spiro atoms. The second-order valence-corrected chi connectivity index (χ2v) is 9.05. The van der Waals surface area contributed by atoms with Gasteiger partial charge in [-0.05, 0) is 44.9 Å². The van der Waals surface area contributed by atoms with Crippen molar-refractivity contribution in [3.05, 3.63) is 51.1 Å². The van der Waals surface area contributed by atoms with Crippen LogP contribution in [0.3, 0.4) is 0 Å². The van der Waals surface area contributed by atoms with Gasteiger partial charge in [0, 0.05) is 21.8 Å². The van der Waals surface area contributed by atoms with Crippen LogP contribution in [0.25, 0.3) is 10.2 Å². The minimum Gasteiger partial charge on any atom is -0.351 e. The Kier molecular flexibility index (Phi) is 5.85.